The largest absolute Gasteiger partial charge is 0.487 e. The van der Waals surface area contributed by atoms with Gasteiger partial charge in [-0.25, -0.2) is 4.39 Å². The summed E-state index contributed by atoms with van der Waals surface area (Å²) in [5.74, 6) is 0.0997. The lowest BCUT2D eigenvalue weighted by Crippen LogP contribution is -2.13. The molecule has 0 N–H and O–H groups in total. The number of carbonyl (C=O) groups is 1. The second-order valence-corrected chi connectivity index (χ2v) is 3.96. The van der Waals surface area contributed by atoms with Crippen molar-refractivity contribution in [2.24, 2.45) is 0 Å². The van der Waals surface area contributed by atoms with E-state index in [0.717, 1.165) is 5.56 Å². The van der Waals surface area contributed by atoms with Crippen LogP contribution in [0.2, 0.25) is 0 Å². The van der Waals surface area contributed by atoms with Crippen LogP contribution in [0.5, 0.6) is 5.75 Å². The molecule has 2 rings (SSSR count). The Morgan fingerprint density at radius 3 is 2.93 bits per heavy atom. The minimum atomic E-state index is -0.361. The van der Waals surface area contributed by atoms with Crippen LogP contribution < -0.4 is 4.74 Å². The molecule has 0 bridgehead atoms. The molecule has 0 aromatic heterocycles. The molecule has 1 aliphatic carbocycles. The molecule has 1 atom stereocenters. The number of rotatable bonds is 2. The highest BCUT2D eigenvalue weighted by Crippen LogP contribution is 2.25. The molecule has 1 aromatic rings. The van der Waals surface area contributed by atoms with Crippen molar-refractivity contribution in [3.05, 3.63) is 29.6 Å². The monoisotopic (exact) mass is 208 g/mol. The Hall–Kier alpha value is -1.38. The summed E-state index contributed by atoms with van der Waals surface area (Å²) in [6.07, 6.45) is 1.52. The number of benzene rings is 1. The van der Waals surface area contributed by atoms with Gasteiger partial charge in [-0.1, -0.05) is 6.07 Å². The third-order valence-electron chi connectivity index (χ3n) is 2.58. The van der Waals surface area contributed by atoms with Crippen LogP contribution in [0.25, 0.3) is 0 Å². The summed E-state index contributed by atoms with van der Waals surface area (Å²) in [7, 11) is 0. The number of ketones is 1. The van der Waals surface area contributed by atoms with Gasteiger partial charge >= 0.3 is 0 Å². The molecule has 2 nitrogen and oxygen atoms in total. The number of hydrogen-bond donors (Lipinski definition) is 0. The lowest BCUT2D eigenvalue weighted by atomic mass is 10.2. The fourth-order valence-electron chi connectivity index (χ4n) is 1.76. The molecule has 0 spiro atoms. The second kappa shape index (κ2) is 4.01. The first-order chi connectivity index (χ1) is 7.15. The number of Topliss-reactive ketones (excluding diaryl/α,β-unsaturated/α-hetero) is 1. The van der Waals surface area contributed by atoms with Crippen LogP contribution in [-0.4, -0.2) is 11.9 Å². The molecule has 1 aromatic carbocycles. The fourth-order valence-corrected chi connectivity index (χ4v) is 1.76. The van der Waals surface area contributed by atoms with Crippen molar-refractivity contribution in [1.82, 2.24) is 0 Å². The van der Waals surface area contributed by atoms with Crippen LogP contribution in [0.3, 0.4) is 0 Å². The molecule has 1 saturated carbocycles. The van der Waals surface area contributed by atoms with E-state index in [9.17, 15) is 9.18 Å². The minimum absolute atomic E-state index is 0.145. The van der Waals surface area contributed by atoms with Gasteiger partial charge in [-0.2, -0.15) is 0 Å². The van der Waals surface area contributed by atoms with E-state index in [1.165, 1.54) is 6.07 Å². The van der Waals surface area contributed by atoms with Crippen molar-refractivity contribution in [3.8, 4) is 5.75 Å². The normalized spacial score (nSPS) is 20.7. The van der Waals surface area contributed by atoms with E-state index in [1.54, 1.807) is 12.1 Å². The molecule has 0 aliphatic heterocycles. The molecule has 3 heteroatoms. The summed E-state index contributed by atoms with van der Waals surface area (Å²) >= 11 is 0. The fraction of sp³-hybridized carbons (Fsp3) is 0.417. The van der Waals surface area contributed by atoms with E-state index in [0.29, 0.717) is 19.3 Å². The maximum Gasteiger partial charge on any atom is 0.165 e. The van der Waals surface area contributed by atoms with Crippen molar-refractivity contribution in [2.45, 2.75) is 32.3 Å². The first-order valence-electron chi connectivity index (χ1n) is 5.09. The number of ether oxygens (including phenoxy) is 1. The standard InChI is InChI=1S/C12H13FO2/c1-8-2-5-11(13)12(6-8)15-10-4-3-9(14)7-10/h2,5-6,10H,3-4,7H2,1H3. The highest BCUT2D eigenvalue weighted by atomic mass is 19.1. The van der Waals surface area contributed by atoms with E-state index in [4.69, 9.17) is 4.74 Å². The Balaban J connectivity index is 2.10. The third kappa shape index (κ3) is 2.35. The van der Waals surface area contributed by atoms with Crippen molar-refractivity contribution < 1.29 is 13.9 Å². The Labute approximate surface area is 88.1 Å². The highest BCUT2D eigenvalue weighted by molar-refractivity contribution is 5.81. The number of halogens is 1. The van der Waals surface area contributed by atoms with Gasteiger partial charge in [-0.15, -0.1) is 0 Å². The predicted molar refractivity (Wildman–Crippen MR) is 54.4 cm³/mol. The minimum Gasteiger partial charge on any atom is -0.487 e. The zero-order valence-corrected chi connectivity index (χ0v) is 8.63. The highest BCUT2D eigenvalue weighted by Gasteiger charge is 2.24. The van der Waals surface area contributed by atoms with Crippen molar-refractivity contribution in [1.29, 1.82) is 0 Å². The lowest BCUT2D eigenvalue weighted by Gasteiger charge is -2.13. The summed E-state index contributed by atoms with van der Waals surface area (Å²) in [6, 6.07) is 4.75. The van der Waals surface area contributed by atoms with Crippen LogP contribution in [-0.2, 0) is 4.79 Å². The van der Waals surface area contributed by atoms with Crippen molar-refractivity contribution in [2.75, 3.05) is 0 Å². The van der Waals surface area contributed by atoms with Crippen LogP contribution in [0.15, 0.2) is 18.2 Å². The van der Waals surface area contributed by atoms with Gasteiger partial charge in [-0.05, 0) is 31.0 Å². The molecular formula is C12H13FO2. The summed E-state index contributed by atoms with van der Waals surface area (Å²) in [5, 5.41) is 0. The summed E-state index contributed by atoms with van der Waals surface area (Å²) < 4.78 is 18.8. The maximum atomic E-state index is 13.3. The topological polar surface area (TPSA) is 26.3 Å². The molecule has 0 amide bonds. The molecule has 0 saturated heterocycles. The molecule has 1 fully saturated rings. The molecule has 15 heavy (non-hydrogen) atoms. The first kappa shape index (κ1) is 10.1. The number of carbonyl (C=O) groups excluding carboxylic acids is 1. The van der Waals surface area contributed by atoms with Gasteiger partial charge in [0, 0.05) is 12.8 Å². The quantitative estimate of drug-likeness (QED) is 0.746. The van der Waals surface area contributed by atoms with Gasteiger partial charge in [0.1, 0.15) is 11.9 Å². The van der Waals surface area contributed by atoms with Gasteiger partial charge in [-0.3, -0.25) is 4.79 Å². The van der Waals surface area contributed by atoms with E-state index < -0.39 is 0 Å². The Morgan fingerprint density at radius 1 is 1.47 bits per heavy atom. The maximum absolute atomic E-state index is 13.3. The average molecular weight is 208 g/mol. The van der Waals surface area contributed by atoms with Crippen LogP contribution in [0.4, 0.5) is 4.39 Å². The SMILES string of the molecule is Cc1ccc(F)c(OC2CCC(=O)C2)c1. The van der Waals surface area contributed by atoms with Crippen LogP contribution >= 0.6 is 0 Å². The van der Waals surface area contributed by atoms with Crippen molar-refractivity contribution in [3.63, 3.8) is 0 Å². The van der Waals surface area contributed by atoms with E-state index >= 15 is 0 Å². The molecule has 80 valence electrons. The molecule has 1 aliphatic rings. The van der Waals surface area contributed by atoms with E-state index in [-0.39, 0.29) is 23.5 Å². The first-order valence-corrected chi connectivity index (χ1v) is 5.09. The Morgan fingerprint density at radius 2 is 2.27 bits per heavy atom. The van der Waals surface area contributed by atoms with Crippen LogP contribution in [0, 0.1) is 12.7 Å². The Kier molecular flexibility index (Phi) is 2.71. The van der Waals surface area contributed by atoms with Crippen molar-refractivity contribution >= 4 is 5.78 Å². The summed E-state index contributed by atoms with van der Waals surface area (Å²) in [6.45, 7) is 1.88. The summed E-state index contributed by atoms with van der Waals surface area (Å²) in [5.41, 5.74) is 0.954. The smallest absolute Gasteiger partial charge is 0.165 e. The van der Waals surface area contributed by atoms with Gasteiger partial charge in [0.15, 0.2) is 11.6 Å². The molecule has 0 radical (unpaired) electrons. The average Bonchev–Trinajstić information content (AvgIpc) is 2.58. The summed E-state index contributed by atoms with van der Waals surface area (Å²) in [4.78, 5) is 11.0. The van der Waals surface area contributed by atoms with E-state index in [2.05, 4.69) is 0 Å². The molecule has 0 heterocycles. The van der Waals surface area contributed by atoms with Gasteiger partial charge in [0.05, 0.1) is 0 Å². The number of aryl methyl sites for hydroxylation is 1. The van der Waals surface area contributed by atoms with Gasteiger partial charge < -0.3 is 4.74 Å². The Bertz CT molecular complexity index is 387. The van der Waals surface area contributed by atoms with Crippen LogP contribution in [0.1, 0.15) is 24.8 Å². The molecular weight excluding hydrogens is 195 g/mol. The third-order valence-corrected chi connectivity index (χ3v) is 2.58. The van der Waals surface area contributed by atoms with Gasteiger partial charge in [0.25, 0.3) is 0 Å². The number of hydrogen-bond acceptors (Lipinski definition) is 2. The predicted octanol–water partition coefficient (Wildman–Crippen LogP) is 2.63. The van der Waals surface area contributed by atoms with E-state index in [1.807, 2.05) is 6.92 Å². The van der Waals surface area contributed by atoms with Gasteiger partial charge in [0.2, 0.25) is 0 Å². The zero-order chi connectivity index (χ0) is 10.8. The zero-order valence-electron chi connectivity index (χ0n) is 8.63. The second-order valence-electron chi connectivity index (χ2n) is 3.96. The molecule has 1 unspecified atom stereocenters. The lowest BCUT2D eigenvalue weighted by molar-refractivity contribution is -0.117.